The zero-order chi connectivity index (χ0) is 20.3. The van der Waals surface area contributed by atoms with Gasteiger partial charge in [-0.25, -0.2) is 4.68 Å². The Hall–Kier alpha value is -2.63. The lowest BCUT2D eigenvalue weighted by molar-refractivity contribution is -0.387. The van der Waals surface area contributed by atoms with Gasteiger partial charge in [0.25, 0.3) is 0 Å². The van der Waals surface area contributed by atoms with Crippen molar-refractivity contribution in [2.45, 2.75) is 16.5 Å². The van der Waals surface area contributed by atoms with Crippen molar-refractivity contribution < 1.29 is 14.1 Å². The molecule has 11 heteroatoms. The van der Waals surface area contributed by atoms with Gasteiger partial charge in [-0.1, -0.05) is 41.3 Å². The van der Waals surface area contributed by atoms with E-state index in [1.54, 1.807) is 11.6 Å². The maximum absolute atomic E-state index is 13.4. The van der Waals surface area contributed by atoms with Crippen LogP contribution in [-0.4, -0.2) is 25.9 Å². The van der Waals surface area contributed by atoms with Gasteiger partial charge in [0.15, 0.2) is 8.29 Å². The Kier molecular flexibility index (Phi) is 6.17. The Balaban J connectivity index is 1.71. The van der Waals surface area contributed by atoms with Gasteiger partial charge in [0, 0.05) is 11.8 Å². The fourth-order valence-electron chi connectivity index (χ4n) is 2.22. The number of carbonyl (C=O) groups is 1. The molecule has 3 aromatic rings. The summed E-state index contributed by atoms with van der Waals surface area (Å²) in [6, 6.07) is 12.6. The van der Waals surface area contributed by atoms with E-state index in [1.807, 2.05) is 30.3 Å². The predicted molar refractivity (Wildman–Crippen MR) is 109 cm³/mol. The van der Waals surface area contributed by atoms with Crippen molar-refractivity contribution in [2.24, 2.45) is 0 Å². The Bertz CT molecular complexity index is 1080. The second-order valence-electron chi connectivity index (χ2n) is 5.55. The summed E-state index contributed by atoms with van der Waals surface area (Å²) < 4.78 is 16.2. The normalized spacial score (nSPS) is 11.8. The van der Waals surface area contributed by atoms with Crippen molar-refractivity contribution in [3.63, 3.8) is 0 Å². The van der Waals surface area contributed by atoms with Crippen molar-refractivity contribution in [3.05, 3.63) is 68.4 Å². The molecule has 1 atom stereocenters. The van der Waals surface area contributed by atoms with E-state index in [2.05, 4.69) is 10.4 Å². The van der Waals surface area contributed by atoms with E-state index < -0.39 is 27.6 Å². The molecule has 2 aromatic carbocycles. The van der Waals surface area contributed by atoms with Crippen molar-refractivity contribution in [3.8, 4) is 5.69 Å². The highest BCUT2D eigenvalue weighted by Crippen LogP contribution is 2.29. The first-order valence-corrected chi connectivity index (χ1v) is 10.0. The molecular weight excluding hydrogens is 423 g/mol. The summed E-state index contributed by atoms with van der Waals surface area (Å²) in [5.74, 6) is -1.35. The van der Waals surface area contributed by atoms with Crippen LogP contribution in [0, 0.1) is 19.9 Å². The van der Waals surface area contributed by atoms with Crippen molar-refractivity contribution >= 4 is 52.6 Å². The number of nitro benzene ring substituents is 1. The molecule has 0 bridgehead atoms. The van der Waals surface area contributed by atoms with E-state index in [0.29, 0.717) is 8.29 Å². The first-order chi connectivity index (χ1) is 13.3. The number of rotatable bonds is 6. The lowest BCUT2D eigenvalue weighted by Crippen LogP contribution is -2.22. The van der Waals surface area contributed by atoms with Crippen molar-refractivity contribution in [1.29, 1.82) is 0 Å². The van der Waals surface area contributed by atoms with E-state index >= 15 is 0 Å². The monoisotopic (exact) mass is 436 g/mol. The average molecular weight is 437 g/mol. The number of benzene rings is 2. The molecule has 1 unspecified atom stereocenters. The predicted octanol–water partition coefficient (Wildman–Crippen LogP) is 4.83. The van der Waals surface area contributed by atoms with Crippen LogP contribution in [0.4, 0.5) is 15.8 Å². The molecule has 3 rings (SSSR count). The van der Waals surface area contributed by atoms with Gasteiger partial charge in [0.2, 0.25) is 11.7 Å². The molecule has 0 saturated heterocycles. The molecule has 0 saturated carbocycles. The van der Waals surface area contributed by atoms with E-state index in [-0.39, 0.29) is 5.69 Å². The summed E-state index contributed by atoms with van der Waals surface area (Å²) in [6.45, 7) is 1.68. The summed E-state index contributed by atoms with van der Waals surface area (Å²) in [5, 5.41) is 17.3. The minimum absolute atomic E-state index is 0.146. The highest BCUT2D eigenvalue weighted by atomic mass is 32.2. The van der Waals surface area contributed by atoms with Gasteiger partial charge >= 0.3 is 5.69 Å². The lowest BCUT2D eigenvalue weighted by atomic mass is 10.2. The Labute approximate surface area is 172 Å². The molecule has 0 aliphatic rings. The van der Waals surface area contributed by atoms with E-state index in [0.717, 1.165) is 17.8 Å². The highest BCUT2D eigenvalue weighted by Gasteiger charge is 2.20. The number of amides is 1. The topological polar surface area (TPSA) is 90.1 Å². The molecule has 1 amide bonds. The molecule has 0 aliphatic heterocycles. The third-order valence-corrected chi connectivity index (χ3v) is 6.00. The fraction of sp³-hybridized carbons (Fsp3) is 0.118. The molecule has 28 heavy (non-hydrogen) atoms. The number of anilines is 1. The number of thioether (sulfide) groups is 1. The molecule has 0 spiro atoms. The molecule has 0 fully saturated rings. The van der Waals surface area contributed by atoms with Gasteiger partial charge in [0.05, 0.1) is 15.9 Å². The third-order valence-electron chi connectivity index (χ3n) is 3.59. The number of aromatic nitrogens is 2. The minimum atomic E-state index is -0.961. The number of para-hydroxylation sites is 1. The van der Waals surface area contributed by atoms with Gasteiger partial charge in [-0.05, 0) is 43.4 Å². The van der Waals surface area contributed by atoms with Crippen molar-refractivity contribution in [1.82, 2.24) is 9.78 Å². The molecule has 144 valence electrons. The molecule has 1 N–H and O–H groups in total. The second kappa shape index (κ2) is 8.59. The minimum Gasteiger partial charge on any atom is -0.325 e. The number of carbonyl (C=O) groups excluding carboxylic acids is 1. The molecule has 1 heterocycles. The molecule has 0 aliphatic carbocycles. The average Bonchev–Trinajstić information content (AvgIpc) is 3.03. The summed E-state index contributed by atoms with van der Waals surface area (Å²) in [7, 11) is 0. The van der Waals surface area contributed by atoms with Gasteiger partial charge in [-0.3, -0.25) is 14.9 Å². The van der Waals surface area contributed by atoms with Crippen LogP contribution in [0.1, 0.15) is 6.92 Å². The van der Waals surface area contributed by atoms with E-state index in [9.17, 15) is 19.3 Å². The van der Waals surface area contributed by atoms with E-state index in [4.69, 9.17) is 12.2 Å². The first-order valence-electron chi connectivity index (χ1n) is 7.92. The number of hydrogen-bond acceptors (Lipinski definition) is 7. The SMILES string of the molecule is CC(Sc1nn(-c2ccccc2)c(=S)s1)C(=O)Nc1ccc(F)c([N+](=O)[O-])c1. The number of hydrogen-bond donors (Lipinski definition) is 1. The second-order valence-corrected chi connectivity index (χ2v) is 8.76. The van der Waals surface area contributed by atoms with Crippen LogP contribution < -0.4 is 5.32 Å². The zero-order valence-electron chi connectivity index (χ0n) is 14.4. The van der Waals surface area contributed by atoms with E-state index in [1.165, 1.54) is 29.2 Å². The van der Waals surface area contributed by atoms with Gasteiger partial charge in [0.1, 0.15) is 0 Å². The zero-order valence-corrected chi connectivity index (χ0v) is 16.8. The fourth-order valence-corrected chi connectivity index (χ4v) is 4.73. The van der Waals surface area contributed by atoms with Crippen LogP contribution in [0.25, 0.3) is 5.69 Å². The molecule has 7 nitrogen and oxygen atoms in total. The highest BCUT2D eigenvalue weighted by molar-refractivity contribution is 8.02. The first kappa shape index (κ1) is 20.1. The Morgan fingerprint density at radius 3 is 2.75 bits per heavy atom. The maximum atomic E-state index is 13.4. The van der Waals surface area contributed by atoms with Crippen LogP contribution in [-0.2, 0) is 4.79 Å². The van der Waals surface area contributed by atoms with Crippen LogP contribution in [0.3, 0.4) is 0 Å². The van der Waals surface area contributed by atoms with Crippen LogP contribution in [0.2, 0.25) is 0 Å². The Morgan fingerprint density at radius 1 is 1.36 bits per heavy atom. The lowest BCUT2D eigenvalue weighted by Gasteiger charge is -2.10. The Morgan fingerprint density at radius 2 is 2.07 bits per heavy atom. The van der Waals surface area contributed by atoms with Crippen LogP contribution in [0.5, 0.6) is 0 Å². The molecule has 1 aromatic heterocycles. The maximum Gasteiger partial charge on any atom is 0.306 e. The van der Waals surface area contributed by atoms with Gasteiger partial charge < -0.3 is 5.32 Å². The van der Waals surface area contributed by atoms with Gasteiger partial charge in [-0.15, -0.1) is 5.10 Å². The summed E-state index contributed by atoms with van der Waals surface area (Å²) in [5.41, 5.74) is 0.275. The number of nitro groups is 1. The molecular formula is C17H13FN4O3S3. The van der Waals surface area contributed by atoms with Gasteiger partial charge in [-0.2, -0.15) is 4.39 Å². The largest absolute Gasteiger partial charge is 0.325 e. The molecule has 0 radical (unpaired) electrons. The standard InChI is InChI=1S/C17H13FN4O3S3/c1-10(15(23)19-11-7-8-13(18)14(9-11)22(24)25)27-16-20-21(17(26)28-16)12-5-3-2-4-6-12/h2-10H,1H3,(H,19,23). The third kappa shape index (κ3) is 4.61. The number of nitrogens with zero attached hydrogens (tertiary/aromatic N) is 3. The summed E-state index contributed by atoms with van der Waals surface area (Å²) in [4.78, 5) is 22.4. The summed E-state index contributed by atoms with van der Waals surface area (Å²) >= 11 is 7.83. The number of nitrogens with one attached hydrogen (secondary N) is 1. The smallest absolute Gasteiger partial charge is 0.306 e. The van der Waals surface area contributed by atoms with Crippen LogP contribution >= 0.6 is 35.3 Å². The summed E-state index contributed by atoms with van der Waals surface area (Å²) in [6.07, 6.45) is 0. The van der Waals surface area contributed by atoms with Crippen molar-refractivity contribution in [2.75, 3.05) is 5.32 Å². The quantitative estimate of drug-likeness (QED) is 0.258. The van der Waals surface area contributed by atoms with Crippen LogP contribution in [0.15, 0.2) is 52.9 Å². The number of halogens is 1.